The van der Waals surface area contributed by atoms with Crippen molar-refractivity contribution in [1.29, 1.82) is 5.26 Å². The standard InChI is InChI=1S/C18H19F3N4O3/c19-18(20,21)16(27)28-17(11-22)7-4-8-25(17)15(26)14-9-13(10-23-14)24-12-5-2-1-3-6-12/h1-3,5-6,13-14,23-24H,4,7-10H2/t13-,14-,17-/m0/s1. The molecule has 1 aromatic carbocycles. The fraction of sp³-hybridized carbons (Fsp3) is 0.500. The molecule has 0 spiro atoms. The Labute approximate surface area is 159 Å². The van der Waals surface area contributed by atoms with Crippen molar-refractivity contribution in [3.05, 3.63) is 30.3 Å². The van der Waals surface area contributed by atoms with Crippen LogP contribution in [0.15, 0.2) is 30.3 Å². The zero-order valence-electron chi connectivity index (χ0n) is 14.8. The highest BCUT2D eigenvalue weighted by Crippen LogP contribution is 2.34. The Morgan fingerprint density at radius 1 is 1.32 bits per heavy atom. The normalized spacial score (nSPS) is 27.3. The van der Waals surface area contributed by atoms with Gasteiger partial charge in [-0.3, -0.25) is 9.69 Å². The van der Waals surface area contributed by atoms with Crippen LogP contribution in [0.2, 0.25) is 0 Å². The number of esters is 1. The van der Waals surface area contributed by atoms with E-state index >= 15 is 0 Å². The lowest BCUT2D eigenvalue weighted by atomic mass is 10.1. The molecule has 3 rings (SSSR count). The van der Waals surface area contributed by atoms with Gasteiger partial charge in [-0.1, -0.05) is 18.2 Å². The van der Waals surface area contributed by atoms with Crippen molar-refractivity contribution in [3.8, 4) is 6.07 Å². The van der Waals surface area contributed by atoms with E-state index in [0.29, 0.717) is 13.0 Å². The van der Waals surface area contributed by atoms with Gasteiger partial charge in [0.05, 0.1) is 6.04 Å². The second-order valence-electron chi connectivity index (χ2n) is 6.78. The molecule has 1 aromatic rings. The van der Waals surface area contributed by atoms with Gasteiger partial charge in [0.1, 0.15) is 6.07 Å². The number of nitriles is 1. The molecule has 2 aliphatic heterocycles. The van der Waals surface area contributed by atoms with Crippen LogP contribution in [0.1, 0.15) is 19.3 Å². The molecule has 3 atom stereocenters. The SMILES string of the molecule is N#C[C@@]1(OC(=O)C(F)(F)F)CCCN1C(=O)[C@@H]1C[C@H](Nc2ccccc2)CN1. The molecule has 2 N–H and O–H groups in total. The van der Waals surface area contributed by atoms with Crippen LogP contribution in [-0.2, 0) is 14.3 Å². The molecular formula is C18H19F3N4O3. The lowest BCUT2D eigenvalue weighted by molar-refractivity contribution is -0.219. The Morgan fingerprint density at radius 2 is 2.04 bits per heavy atom. The fourth-order valence-electron chi connectivity index (χ4n) is 3.53. The van der Waals surface area contributed by atoms with E-state index in [4.69, 9.17) is 0 Å². The van der Waals surface area contributed by atoms with Crippen LogP contribution in [0.3, 0.4) is 0 Å². The third-order valence-electron chi connectivity index (χ3n) is 4.84. The van der Waals surface area contributed by atoms with E-state index in [1.54, 1.807) is 6.07 Å². The Bertz CT molecular complexity index is 781. The molecule has 2 heterocycles. The maximum atomic E-state index is 12.9. The molecule has 10 heteroatoms. The number of likely N-dealkylation sites (tertiary alicyclic amines) is 1. The summed E-state index contributed by atoms with van der Waals surface area (Å²) in [5.41, 5.74) is -1.34. The molecule has 2 aliphatic rings. The lowest BCUT2D eigenvalue weighted by Gasteiger charge is -2.33. The summed E-state index contributed by atoms with van der Waals surface area (Å²) in [6.07, 6.45) is -4.74. The second-order valence-corrected chi connectivity index (χ2v) is 6.78. The highest BCUT2D eigenvalue weighted by atomic mass is 19.4. The number of amides is 1. The summed E-state index contributed by atoms with van der Waals surface area (Å²) in [4.78, 5) is 25.1. The van der Waals surface area contributed by atoms with Gasteiger partial charge in [0.25, 0.3) is 5.72 Å². The van der Waals surface area contributed by atoms with Crippen molar-refractivity contribution in [1.82, 2.24) is 10.2 Å². The molecule has 0 aromatic heterocycles. The van der Waals surface area contributed by atoms with E-state index in [0.717, 1.165) is 10.6 Å². The predicted molar refractivity (Wildman–Crippen MR) is 91.7 cm³/mol. The Kier molecular flexibility index (Phi) is 5.47. The first-order valence-electron chi connectivity index (χ1n) is 8.83. The molecule has 150 valence electrons. The van der Waals surface area contributed by atoms with Crippen molar-refractivity contribution >= 4 is 17.6 Å². The molecule has 2 fully saturated rings. The third kappa shape index (κ3) is 4.04. The fourth-order valence-corrected chi connectivity index (χ4v) is 3.53. The van der Waals surface area contributed by atoms with Gasteiger partial charge >= 0.3 is 12.1 Å². The molecular weight excluding hydrogens is 377 g/mol. The van der Waals surface area contributed by atoms with Gasteiger partial charge in [-0.05, 0) is 25.0 Å². The molecule has 0 radical (unpaired) electrons. The van der Waals surface area contributed by atoms with Gasteiger partial charge < -0.3 is 15.4 Å². The van der Waals surface area contributed by atoms with Crippen molar-refractivity contribution in [2.75, 3.05) is 18.4 Å². The summed E-state index contributed by atoms with van der Waals surface area (Å²) in [5.74, 6) is -3.02. The average molecular weight is 396 g/mol. The van der Waals surface area contributed by atoms with Gasteiger partial charge in [-0.15, -0.1) is 0 Å². The number of para-hydroxylation sites is 1. The van der Waals surface area contributed by atoms with Crippen LogP contribution in [0.5, 0.6) is 0 Å². The number of nitrogens with one attached hydrogen (secondary N) is 2. The number of nitrogens with zero attached hydrogens (tertiary/aromatic N) is 2. The number of rotatable bonds is 4. The van der Waals surface area contributed by atoms with Crippen LogP contribution in [0.25, 0.3) is 0 Å². The average Bonchev–Trinajstić information content (AvgIpc) is 3.29. The van der Waals surface area contributed by atoms with E-state index < -0.39 is 29.8 Å². The van der Waals surface area contributed by atoms with Crippen molar-refractivity contribution in [2.24, 2.45) is 0 Å². The summed E-state index contributed by atoms with van der Waals surface area (Å²) in [7, 11) is 0. The number of benzene rings is 1. The highest BCUT2D eigenvalue weighted by Gasteiger charge is 2.54. The van der Waals surface area contributed by atoms with E-state index in [1.165, 1.54) is 0 Å². The van der Waals surface area contributed by atoms with Gasteiger partial charge in [0, 0.05) is 31.2 Å². The van der Waals surface area contributed by atoms with E-state index in [1.807, 2.05) is 30.3 Å². The smallest absolute Gasteiger partial charge is 0.418 e. The summed E-state index contributed by atoms with van der Waals surface area (Å²) >= 11 is 0. The monoisotopic (exact) mass is 396 g/mol. The van der Waals surface area contributed by atoms with E-state index in [2.05, 4.69) is 15.4 Å². The van der Waals surface area contributed by atoms with Crippen molar-refractivity contribution in [3.63, 3.8) is 0 Å². The summed E-state index contributed by atoms with van der Waals surface area (Å²) in [6.45, 7) is 0.521. The zero-order chi connectivity index (χ0) is 20.4. The molecule has 2 saturated heterocycles. The minimum Gasteiger partial charge on any atom is -0.418 e. The van der Waals surface area contributed by atoms with Crippen LogP contribution in [0.4, 0.5) is 18.9 Å². The van der Waals surface area contributed by atoms with Crippen LogP contribution >= 0.6 is 0 Å². The molecule has 0 aliphatic carbocycles. The second kappa shape index (κ2) is 7.67. The molecule has 1 amide bonds. The Hall–Kier alpha value is -2.80. The lowest BCUT2D eigenvalue weighted by Crippen LogP contribution is -2.55. The number of anilines is 1. The van der Waals surface area contributed by atoms with Gasteiger partial charge in [0.2, 0.25) is 5.91 Å². The summed E-state index contributed by atoms with van der Waals surface area (Å²) < 4.78 is 42.2. The van der Waals surface area contributed by atoms with Crippen molar-refractivity contribution in [2.45, 2.75) is 43.2 Å². The first kappa shape index (κ1) is 19.9. The minimum absolute atomic E-state index is 0.0481. The first-order valence-corrected chi connectivity index (χ1v) is 8.83. The quantitative estimate of drug-likeness (QED) is 0.754. The maximum absolute atomic E-state index is 12.9. The largest absolute Gasteiger partial charge is 0.491 e. The molecule has 28 heavy (non-hydrogen) atoms. The van der Waals surface area contributed by atoms with E-state index in [-0.39, 0.29) is 25.4 Å². The predicted octanol–water partition coefficient (Wildman–Crippen LogP) is 1.78. The Morgan fingerprint density at radius 3 is 2.68 bits per heavy atom. The maximum Gasteiger partial charge on any atom is 0.491 e. The van der Waals surface area contributed by atoms with Crippen molar-refractivity contribution < 1.29 is 27.5 Å². The van der Waals surface area contributed by atoms with Crippen LogP contribution in [-0.4, -0.2) is 53.9 Å². The van der Waals surface area contributed by atoms with Gasteiger partial charge in [-0.2, -0.15) is 18.4 Å². The number of ether oxygens (including phenoxy) is 1. The number of carbonyl (C=O) groups excluding carboxylic acids is 2. The van der Waals surface area contributed by atoms with Crippen LogP contribution < -0.4 is 10.6 Å². The number of carbonyl (C=O) groups is 2. The molecule has 7 nitrogen and oxygen atoms in total. The summed E-state index contributed by atoms with van der Waals surface area (Å²) in [6, 6.07) is 10.2. The number of halogens is 3. The van der Waals surface area contributed by atoms with Gasteiger partial charge in [0.15, 0.2) is 0 Å². The first-order chi connectivity index (χ1) is 13.2. The van der Waals surface area contributed by atoms with Gasteiger partial charge in [-0.25, -0.2) is 4.79 Å². The summed E-state index contributed by atoms with van der Waals surface area (Å²) in [5, 5.41) is 15.7. The minimum atomic E-state index is -5.24. The van der Waals surface area contributed by atoms with E-state index in [9.17, 15) is 28.0 Å². The number of hydrogen-bond acceptors (Lipinski definition) is 6. The molecule has 0 bridgehead atoms. The van der Waals surface area contributed by atoms with Crippen LogP contribution in [0, 0.1) is 11.3 Å². The third-order valence-corrected chi connectivity index (χ3v) is 4.84. The highest BCUT2D eigenvalue weighted by molar-refractivity contribution is 5.84. The molecule has 0 unspecified atom stereocenters. The number of hydrogen-bond donors (Lipinski definition) is 2. The zero-order valence-corrected chi connectivity index (χ0v) is 14.8. The molecule has 0 saturated carbocycles. The Balaban J connectivity index is 1.67. The topological polar surface area (TPSA) is 94.5 Å². The number of alkyl halides is 3.